The lowest BCUT2D eigenvalue weighted by Crippen LogP contribution is -2.45. The summed E-state index contributed by atoms with van der Waals surface area (Å²) in [6.45, 7) is 6.14. The lowest BCUT2D eigenvalue weighted by atomic mass is 10.1. The number of carbonyl (C=O) groups excluding carboxylic acids is 1. The highest BCUT2D eigenvalue weighted by atomic mass is 32.2. The average Bonchev–Trinajstić information content (AvgIpc) is 2.55. The third kappa shape index (κ3) is 3.52. The van der Waals surface area contributed by atoms with Crippen LogP contribution in [0.5, 0.6) is 0 Å². The Hall–Kier alpha value is -0.420. The molecule has 4 unspecified atom stereocenters. The SMILES string of the molecule is CCCC1NC(CC)N(C(C)CS(C)=O)C1=O. The Balaban J connectivity index is 2.74. The Kier molecular flexibility index (Phi) is 5.59. The van der Waals surface area contributed by atoms with E-state index in [-0.39, 0.29) is 24.2 Å². The normalized spacial score (nSPS) is 28.5. The molecule has 0 spiro atoms. The number of hydrogen-bond donors (Lipinski definition) is 1. The molecule has 0 radical (unpaired) electrons. The molecule has 1 N–H and O–H groups in total. The predicted molar refractivity (Wildman–Crippen MR) is 71.2 cm³/mol. The van der Waals surface area contributed by atoms with Crippen LogP contribution in [0.1, 0.15) is 40.0 Å². The molecule has 1 saturated heterocycles. The van der Waals surface area contributed by atoms with E-state index in [9.17, 15) is 9.00 Å². The number of carbonyl (C=O) groups is 1. The first kappa shape index (κ1) is 14.6. The lowest BCUT2D eigenvalue weighted by Gasteiger charge is -2.29. The van der Waals surface area contributed by atoms with Crippen molar-refractivity contribution >= 4 is 16.7 Å². The lowest BCUT2D eigenvalue weighted by molar-refractivity contribution is -0.131. The second-order valence-electron chi connectivity index (χ2n) is 4.77. The van der Waals surface area contributed by atoms with Crippen molar-refractivity contribution in [3.63, 3.8) is 0 Å². The summed E-state index contributed by atoms with van der Waals surface area (Å²) in [4.78, 5) is 14.1. The second-order valence-corrected chi connectivity index (χ2v) is 6.25. The highest BCUT2D eigenvalue weighted by molar-refractivity contribution is 7.84. The van der Waals surface area contributed by atoms with E-state index in [2.05, 4.69) is 19.2 Å². The van der Waals surface area contributed by atoms with Gasteiger partial charge in [-0.25, -0.2) is 0 Å². The van der Waals surface area contributed by atoms with Gasteiger partial charge in [0.2, 0.25) is 5.91 Å². The van der Waals surface area contributed by atoms with Gasteiger partial charge in [-0.05, 0) is 19.8 Å². The van der Waals surface area contributed by atoms with Crippen molar-refractivity contribution in [1.29, 1.82) is 0 Å². The maximum Gasteiger partial charge on any atom is 0.241 e. The topological polar surface area (TPSA) is 49.4 Å². The van der Waals surface area contributed by atoms with Crippen LogP contribution in [0.3, 0.4) is 0 Å². The highest BCUT2D eigenvalue weighted by Crippen LogP contribution is 2.20. The largest absolute Gasteiger partial charge is 0.322 e. The molecule has 0 aromatic heterocycles. The van der Waals surface area contributed by atoms with E-state index in [1.54, 1.807) is 6.26 Å². The predicted octanol–water partition coefficient (Wildman–Crippen LogP) is 1.09. The minimum absolute atomic E-state index is 0.0438. The van der Waals surface area contributed by atoms with E-state index in [0.29, 0.717) is 5.75 Å². The first-order valence-electron chi connectivity index (χ1n) is 6.39. The number of rotatable bonds is 6. The Labute approximate surface area is 107 Å². The van der Waals surface area contributed by atoms with Crippen LogP contribution in [-0.4, -0.2) is 45.3 Å². The smallest absolute Gasteiger partial charge is 0.241 e. The van der Waals surface area contributed by atoms with Crippen LogP contribution < -0.4 is 5.32 Å². The van der Waals surface area contributed by atoms with Gasteiger partial charge in [0.25, 0.3) is 0 Å². The zero-order valence-corrected chi connectivity index (χ0v) is 12.0. The van der Waals surface area contributed by atoms with Gasteiger partial charge in [-0.15, -0.1) is 0 Å². The van der Waals surface area contributed by atoms with E-state index in [1.807, 2.05) is 11.8 Å². The maximum atomic E-state index is 12.3. The summed E-state index contributed by atoms with van der Waals surface area (Å²) in [5.74, 6) is 0.736. The molecule has 100 valence electrons. The summed E-state index contributed by atoms with van der Waals surface area (Å²) >= 11 is 0. The fourth-order valence-corrected chi connectivity index (χ4v) is 3.31. The van der Waals surface area contributed by atoms with Gasteiger partial charge in [-0.1, -0.05) is 20.3 Å². The Bertz CT molecular complexity index is 296. The Morgan fingerprint density at radius 1 is 1.47 bits per heavy atom. The van der Waals surface area contributed by atoms with E-state index < -0.39 is 10.8 Å². The monoisotopic (exact) mass is 260 g/mol. The zero-order valence-electron chi connectivity index (χ0n) is 11.2. The molecule has 1 fully saturated rings. The van der Waals surface area contributed by atoms with E-state index >= 15 is 0 Å². The molecule has 1 rings (SSSR count). The third-order valence-corrected chi connectivity index (χ3v) is 4.15. The number of hydrogen-bond acceptors (Lipinski definition) is 3. The van der Waals surface area contributed by atoms with Crippen molar-refractivity contribution in [2.75, 3.05) is 12.0 Å². The van der Waals surface area contributed by atoms with Crippen molar-refractivity contribution in [3.8, 4) is 0 Å². The molecular weight excluding hydrogens is 236 g/mol. The summed E-state index contributed by atoms with van der Waals surface area (Å²) in [6.07, 6.45) is 4.58. The molecule has 4 nitrogen and oxygen atoms in total. The fraction of sp³-hybridized carbons (Fsp3) is 0.917. The standard InChI is InChI=1S/C12H24N2O2S/c1-5-7-10-12(15)14(11(6-2)13-10)9(3)8-17(4)16/h9-11,13H,5-8H2,1-4H3. The Morgan fingerprint density at radius 2 is 2.12 bits per heavy atom. The maximum absolute atomic E-state index is 12.3. The third-order valence-electron chi connectivity index (χ3n) is 3.20. The summed E-state index contributed by atoms with van der Waals surface area (Å²) in [5, 5.41) is 3.37. The number of nitrogens with one attached hydrogen (secondary N) is 1. The van der Waals surface area contributed by atoms with Crippen LogP contribution >= 0.6 is 0 Å². The van der Waals surface area contributed by atoms with Crippen molar-refractivity contribution < 1.29 is 9.00 Å². The van der Waals surface area contributed by atoms with Crippen LogP contribution in [-0.2, 0) is 15.6 Å². The molecule has 0 saturated carbocycles. The van der Waals surface area contributed by atoms with Crippen LogP contribution in [0.25, 0.3) is 0 Å². The highest BCUT2D eigenvalue weighted by Gasteiger charge is 2.39. The molecular formula is C12H24N2O2S. The van der Waals surface area contributed by atoms with Crippen molar-refractivity contribution in [3.05, 3.63) is 0 Å². The Morgan fingerprint density at radius 3 is 2.59 bits per heavy atom. The van der Waals surface area contributed by atoms with Gasteiger partial charge in [0, 0.05) is 28.9 Å². The van der Waals surface area contributed by atoms with E-state index in [4.69, 9.17) is 0 Å². The van der Waals surface area contributed by atoms with Crippen LogP contribution in [0, 0.1) is 0 Å². The summed E-state index contributed by atoms with van der Waals surface area (Å²) in [6, 6.07) is 0.00494. The van der Waals surface area contributed by atoms with Gasteiger partial charge in [-0.3, -0.25) is 14.3 Å². The number of amides is 1. The molecule has 1 amide bonds. The summed E-state index contributed by atoms with van der Waals surface area (Å²) in [5.41, 5.74) is 0. The van der Waals surface area contributed by atoms with Crippen LogP contribution in [0.15, 0.2) is 0 Å². The molecule has 0 aromatic carbocycles. The number of nitrogens with zero attached hydrogens (tertiary/aromatic N) is 1. The molecule has 1 aliphatic rings. The molecule has 17 heavy (non-hydrogen) atoms. The zero-order chi connectivity index (χ0) is 13.0. The van der Waals surface area contributed by atoms with Crippen molar-refractivity contribution in [2.24, 2.45) is 0 Å². The van der Waals surface area contributed by atoms with Gasteiger partial charge in [0.05, 0.1) is 12.2 Å². The summed E-state index contributed by atoms with van der Waals surface area (Å²) in [7, 11) is -0.860. The molecule has 4 atom stereocenters. The van der Waals surface area contributed by atoms with Gasteiger partial charge < -0.3 is 4.90 Å². The minimum atomic E-state index is -0.860. The van der Waals surface area contributed by atoms with Crippen LogP contribution in [0.2, 0.25) is 0 Å². The van der Waals surface area contributed by atoms with Gasteiger partial charge >= 0.3 is 0 Å². The molecule has 0 bridgehead atoms. The van der Waals surface area contributed by atoms with Gasteiger partial charge in [0.15, 0.2) is 0 Å². The molecule has 1 heterocycles. The molecule has 0 aliphatic carbocycles. The first-order chi connectivity index (χ1) is 8.01. The second kappa shape index (κ2) is 6.50. The van der Waals surface area contributed by atoms with E-state index in [0.717, 1.165) is 19.3 Å². The van der Waals surface area contributed by atoms with Gasteiger partial charge in [0.1, 0.15) is 0 Å². The van der Waals surface area contributed by atoms with Crippen molar-refractivity contribution in [2.45, 2.75) is 58.3 Å². The average molecular weight is 260 g/mol. The van der Waals surface area contributed by atoms with Gasteiger partial charge in [-0.2, -0.15) is 0 Å². The van der Waals surface area contributed by atoms with Crippen LogP contribution in [0.4, 0.5) is 0 Å². The quantitative estimate of drug-likeness (QED) is 0.778. The van der Waals surface area contributed by atoms with Crippen molar-refractivity contribution in [1.82, 2.24) is 10.2 Å². The van der Waals surface area contributed by atoms with E-state index in [1.165, 1.54) is 0 Å². The minimum Gasteiger partial charge on any atom is -0.322 e. The fourth-order valence-electron chi connectivity index (χ4n) is 2.47. The molecule has 5 heteroatoms. The molecule has 0 aromatic rings. The summed E-state index contributed by atoms with van der Waals surface area (Å²) < 4.78 is 11.3. The first-order valence-corrected chi connectivity index (χ1v) is 8.12. The molecule has 1 aliphatic heterocycles.